The first-order chi connectivity index (χ1) is 10.0. The maximum Gasteiger partial charge on any atom is 0.309 e. The number of aryl methyl sites for hydroxylation is 1. The highest BCUT2D eigenvalue weighted by Crippen LogP contribution is 2.16. The van der Waals surface area contributed by atoms with E-state index in [0.717, 1.165) is 12.6 Å². The van der Waals surface area contributed by atoms with E-state index in [1.165, 1.54) is 10.2 Å². The average Bonchev–Trinajstić information content (AvgIpc) is 2.81. The van der Waals surface area contributed by atoms with Gasteiger partial charge in [-0.1, -0.05) is 19.1 Å². The predicted octanol–water partition coefficient (Wildman–Crippen LogP) is 2.30. The van der Waals surface area contributed by atoms with Crippen LogP contribution in [-0.2, 0) is 17.8 Å². The van der Waals surface area contributed by atoms with Crippen molar-refractivity contribution < 1.29 is 9.72 Å². The van der Waals surface area contributed by atoms with Crippen LogP contribution in [0.1, 0.15) is 18.2 Å². The summed E-state index contributed by atoms with van der Waals surface area (Å²) in [6.07, 6.45) is 2.09. The minimum Gasteiger partial charge on any atom is -0.324 e. The van der Waals surface area contributed by atoms with Gasteiger partial charge in [-0.2, -0.15) is 5.10 Å². The normalized spacial score (nSPS) is 10.4. The van der Waals surface area contributed by atoms with Crippen molar-refractivity contribution in [1.82, 2.24) is 9.78 Å². The van der Waals surface area contributed by atoms with Gasteiger partial charge in [0, 0.05) is 5.69 Å². The van der Waals surface area contributed by atoms with Gasteiger partial charge >= 0.3 is 5.69 Å². The van der Waals surface area contributed by atoms with Crippen molar-refractivity contribution in [3.05, 3.63) is 51.8 Å². The fourth-order valence-corrected chi connectivity index (χ4v) is 1.94. The van der Waals surface area contributed by atoms with Crippen molar-refractivity contribution in [2.45, 2.75) is 26.8 Å². The molecule has 0 aliphatic carbocycles. The molecule has 0 unspecified atom stereocenters. The Hall–Kier alpha value is -2.70. The first-order valence-electron chi connectivity index (χ1n) is 6.57. The lowest BCUT2D eigenvalue weighted by atomic mass is 10.1. The molecule has 1 amide bonds. The van der Waals surface area contributed by atoms with Crippen molar-refractivity contribution in [3.63, 3.8) is 0 Å². The molecule has 0 atom stereocenters. The Morgan fingerprint density at radius 3 is 2.57 bits per heavy atom. The Balaban J connectivity index is 2.02. The monoisotopic (exact) mass is 288 g/mol. The third-order valence-corrected chi connectivity index (χ3v) is 3.21. The molecule has 7 nitrogen and oxygen atoms in total. The Morgan fingerprint density at radius 2 is 2.05 bits per heavy atom. The molecule has 0 radical (unpaired) electrons. The maximum absolute atomic E-state index is 11.9. The Morgan fingerprint density at radius 1 is 1.38 bits per heavy atom. The fraction of sp³-hybridized carbons (Fsp3) is 0.286. The van der Waals surface area contributed by atoms with Gasteiger partial charge < -0.3 is 5.32 Å². The number of carbonyl (C=O) groups excluding carboxylic acids is 1. The van der Waals surface area contributed by atoms with Gasteiger partial charge in [-0.05, 0) is 31.0 Å². The first-order valence-corrected chi connectivity index (χ1v) is 6.57. The number of nitrogens with zero attached hydrogens (tertiary/aromatic N) is 3. The van der Waals surface area contributed by atoms with Crippen molar-refractivity contribution in [2.75, 3.05) is 5.32 Å². The number of nitro groups is 1. The quantitative estimate of drug-likeness (QED) is 0.675. The van der Waals surface area contributed by atoms with Crippen LogP contribution >= 0.6 is 0 Å². The maximum atomic E-state index is 11.9. The van der Waals surface area contributed by atoms with Crippen molar-refractivity contribution in [3.8, 4) is 0 Å². The molecule has 0 saturated carbocycles. The van der Waals surface area contributed by atoms with Crippen molar-refractivity contribution >= 4 is 17.3 Å². The van der Waals surface area contributed by atoms with Crippen molar-refractivity contribution in [1.29, 1.82) is 0 Å². The molecular formula is C14H16N4O3. The zero-order valence-corrected chi connectivity index (χ0v) is 11.9. The number of amides is 1. The molecule has 2 rings (SSSR count). The highest BCUT2D eigenvalue weighted by atomic mass is 16.6. The van der Waals surface area contributed by atoms with Gasteiger partial charge in [-0.3, -0.25) is 19.6 Å². The molecule has 0 fully saturated rings. The Labute approximate surface area is 121 Å². The molecular weight excluding hydrogens is 272 g/mol. The van der Waals surface area contributed by atoms with Gasteiger partial charge in [-0.25, -0.2) is 0 Å². The molecule has 0 aliphatic rings. The number of hydrogen-bond donors (Lipinski definition) is 1. The van der Waals surface area contributed by atoms with Crippen molar-refractivity contribution in [2.24, 2.45) is 0 Å². The second kappa shape index (κ2) is 6.17. The standard InChI is InChI=1S/C14H16N4O3/c1-3-11-4-6-12(7-5-11)16-14(19)9-17-10(2)13(8-15-17)18(20)21/h4-8H,3,9H2,1-2H3,(H,16,19). The topological polar surface area (TPSA) is 90.1 Å². The van der Waals surface area contributed by atoms with E-state index in [1.807, 2.05) is 24.3 Å². The summed E-state index contributed by atoms with van der Waals surface area (Å²) in [5, 5.41) is 17.3. The number of hydrogen-bond acceptors (Lipinski definition) is 4. The van der Waals surface area contributed by atoms with Gasteiger partial charge in [0.1, 0.15) is 18.4 Å². The third-order valence-electron chi connectivity index (χ3n) is 3.21. The van der Waals surface area contributed by atoms with Crippen LogP contribution in [0, 0.1) is 17.0 Å². The molecule has 110 valence electrons. The molecule has 1 aromatic heterocycles. The summed E-state index contributed by atoms with van der Waals surface area (Å²) in [5.74, 6) is -0.277. The fourth-order valence-electron chi connectivity index (χ4n) is 1.94. The molecule has 2 aromatic rings. The largest absolute Gasteiger partial charge is 0.324 e. The van der Waals surface area contributed by atoms with E-state index in [4.69, 9.17) is 0 Å². The third kappa shape index (κ3) is 3.44. The second-order valence-electron chi connectivity index (χ2n) is 4.63. The van der Waals surface area contributed by atoms with Gasteiger partial charge in [0.05, 0.1) is 4.92 Å². The first kappa shape index (κ1) is 14.7. The predicted molar refractivity (Wildman–Crippen MR) is 78.1 cm³/mol. The van der Waals surface area contributed by atoms with Crippen LogP contribution in [0.25, 0.3) is 0 Å². The van der Waals surface area contributed by atoms with Crippen LogP contribution in [0.2, 0.25) is 0 Å². The van der Waals surface area contributed by atoms with Crippen LogP contribution in [-0.4, -0.2) is 20.6 Å². The zero-order chi connectivity index (χ0) is 15.4. The highest BCUT2D eigenvalue weighted by Gasteiger charge is 2.17. The lowest BCUT2D eigenvalue weighted by Crippen LogP contribution is -2.20. The highest BCUT2D eigenvalue weighted by molar-refractivity contribution is 5.90. The number of nitrogens with one attached hydrogen (secondary N) is 1. The van der Waals surface area contributed by atoms with E-state index >= 15 is 0 Å². The SMILES string of the molecule is CCc1ccc(NC(=O)Cn2ncc([N+](=O)[O-])c2C)cc1. The van der Waals surface area contributed by atoms with Crippen LogP contribution in [0.4, 0.5) is 11.4 Å². The lowest BCUT2D eigenvalue weighted by molar-refractivity contribution is -0.385. The molecule has 0 spiro atoms. The second-order valence-corrected chi connectivity index (χ2v) is 4.63. The summed E-state index contributed by atoms with van der Waals surface area (Å²) in [6.45, 7) is 3.56. The minimum atomic E-state index is -0.514. The summed E-state index contributed by atoms with van der Waals surface area (Å²) in [7, 11) is 0. The van der Waals surface area contributed by atoms with E-state index < -0.39 is 4.92 Å². The molecule has 0 bridgehead atoms. The summed E-state index contributed by atoms with van der Waals surface area (Å²) in [5.41, 5.74) is 2.15. The number of aromatic nitrogens is 2. The van der Waals surface area contributed by atoms with Crippen LogP contribution in [0.5, 0.6) is 0 Å². The van der Waals surface area contributed by atoms with Gasteiger partial charge in [0.25, 0.3) is 0 Å². The average molecular weight is 288 g/mol. The molecule has 1 aromatic carbocycles. The summed E-state index contributed by atoms with van der Waals surface area (Å²) < 4.78 is 1.31. The van der Waals surface area contributed by atoms with E-state index in [0.29, 0.717) is 11.4 Å². The van der Waals surface area contributed by atoms with Gasteiger partial charge in [0.15, 0.2) is 0 Å². The Bertz CT molecular complexity index is 661. The summed E-state index contributed by atoms with van der Waals surface area (Å²) >= 11 is 0. The van der Waals surface area contributed by atoms with Gasteiger partial charge in [0.2, 0.25) is 5.91 Å². The van der Waals surface area contributed by atoms with Crippen LogP contribution in [0.3, 0.4) is 0 Å². The number of carbonyl (C=O) groups is 1. The summed E-state index contributed by atoms with van der Waals surface area (Å²) in [6, 6.07) is 7.55. The molecule has 7 heteroatoms. The van der Waals surface area contributed by atoms with Gasteiger partial charge in [-0.15, -0.1) is 0 Å². The molecule has 0 aliphatic heterocycles. The molecule has 21 heavy (non-hydrogen) atoms. The number of benzene rings is 1. The molecule has 0 saturated heterocycles. The Kier molecular flexibility index (Phi) is 4.32. The van der Waals surface area contributed by atoms with E-state index in [9.17, 15) is 14.9 Å². The van der Waals surface area contributed by atoms with E-state index in [1.54, 1.807) is 6.92 Å². The number of anilines is 1. The van der Waals surface area contributed by atoms with Crippen LogP contribution in [0.15, 0.2) is 30.5 Å². The summed E-state index contributed by atoms with van der Waals surface area (Å²) in [4.78, 5) is 22.1. The lowest BCUT2D eigenvalue weighted by Gasteiger charge is -2.07. The molecule has 1 heterocycles. The van der Waals surface area contributed by atoms with E-state index in [-0.39, 0.29) is 18.1 Å². The number of rotatable bonds is 5. The zero-order valence-electron chi connectivity index (χ0n) is 11.9. The van der Waals surface area contributed by atoms with E-state index in [2.05, 4.69) is 17.3 Å². The van der Waals surface area contributed by atoms with Crippen LogP contribution < -0.4 is 5.32 Å². The molecule has 1 N–H and O–H groups in total. The smallest absolute Gasteiger partial charge is 0.309 e. The minimum absolute atomic E-state index is 0.0603.